The maximum atomic E-state index is 10.7. The molecule has 0 aliphatic rings. The number of carbonyl (C=O) groups excluding carboxylic acids is 1. The van der Waals surface area contributed by atoms with Crippen LogP contribution in [0.5, 0.6) is 11.5 Å². The second-order valence-electron chi connectivity index (χ2n) is 5.23. The minimum atomic E-state index is 0.435. The Morgan fingerprint density at radius 1 is 1.05 bits per heavy atom. The Labute approximate surface area is 139 Å². The van der Waals surface area contributed by atoms with Crippen molar-refractivity contribution in [2.75, 3.05) is 13.2 Å². The molecule has 0 spiro atoms. The van der Waals surface area contributed by atoms with E-state index in [1.54, 1.807) is 18.2 Å². The molecule has 0 bridgehead atoms. The fourth-order valence-corrected chi connectivity index (χ4v) is 2.48. The quantitative estimate of drug-likeness (QED) is 0.522. The molecule has 0 fully saturated rings. The second kappa shape index (κ2) is 7.99. The van der Waals surface area contributed by atoms with Crippen LogP contribution < -0.4 is 9.47 Å². The van der Waals surface area contributed by atoms with Crippen molar-refractivity contribution in [3.8, 4) is 11.5 Å². The molecule has 0 saturated heterocycles. The number of halogens is 1. The highest BCUT2D eigenvalue weighted by Crippen LogP contribution is 2.25. The summed E-state index contributed by atoms with van der Waals surface area (Å²) >= 11 is 3.38. The first-order valence-corrected chi connectivity index (χ1v) is 7.99. The van der Waals surface area contributed by atoms with Crippen LogP contribution in [0.15, 0.2) is 46.9 Å². The van der Waals surface area contributed by atoms with E-state index in [0.717, 1.165) is 16.5 Å². The van der Waals surface area contributed by atoms with Crippen molar-refractivity contribution < 1.29 is 14.3 Å². The van der Waals surface area contributed by atoms with Gasteiger partial charge in [-0.15, -0.1) is 0 Å². The first kappa shape index (κ1) is 16.6. The van der Waals surface area contributed by atoms with E-state index in [-0.39, 0.29) is 0 Å². The molecule has 2 aromatic rings. The van der Waals surface area contributed by atoms with Gasteiger partial charge in [-0.25, -0.2) is 0 Å². The van der Waals surface area contributed by atoms with Crippen molar-refractivity contribution in [3.63, 3.8) is 0 Å². The van der Waals surface area contributed by atoms with Gasteiger partial charge in [0, 0.05) is 5.56 Å². The molecule has 2 aromatic carbocycles. The highest BCUT2D eigenvalue weighted by atomic mass is 79.9. The minimum Gasteiger partial charge on any atom is -0.490 e. The van der Waals surface area contributed by atoms with Crippen LogP contribution in [0.3, 0.4) is 0 Å². The number of hydrogen-bond acceptors (Lipinski definition) is 3. The summed E-state index contributed by atoms with van der Waals surface area (Å²) in [6.07, 6.45) is 0.804. The van der Waals surface area contributed by atoms with Crippen LogP contribution >= 0.6 is 15.9 Å². The Morgan fingerprint density at radius 3 is 2.32 bits per heavy atom. The number of benzene rings is 2. The van der Waals surface area contributed by atoms with Gasteiger partial charge in [-0.2, -0.15) is 0 Å². The van der Waals surface area contributed by atoms with Gasteiger partial charge in [0.25, 0.3) is 0 Å². The van der Waals surface area contributed by atoms with Gasteiger partial charge in [0.05, 0.1) is 4.47 Å². The summed E-state index contributed by atoms with van der Waals surface area (Å²) in [5.74, 6) is 2.05. The van der Waals surface area contributed by atoms with E-state index in [2.05, 4.69) is 41.9 Å². The summed E-state index contributed by atoms with van der Waals surface area (Å²) in [5.41, 5.74) is 1.91. The van der Waals surface area contributed by atoms with Gasteiger partial charge in [0.1, 0.15) is 31.0 Å². The van der Waals surface area contributed by atoms with E-state index in [9.17, 15) is 4.79 Å². The fraction of sp³-hybridized carbons (Fsp3) is 0.278. The highest BCUT2D eigenvalue weighted by molar-refractivity contribution is 9.10. The van der Waals surface area contributed by atoms with Crippen molar-refractivity contribution in [1.29, 1.82) is 0 Å². The third-order valence-electron chi connectivity index (χ3n) is 3.25. The summed E-state index contributed by atoms with van der Waals surface area (Å²) in [6.45, 7) is 5.22. The SMILES string of the molecule is CC(C)c1ccc(OCCOc2ccc(C=O)cc2Br)cc1. The molecule has 4 heteroatoms. The monoisotopic (exact) mass is 362 g/mol. The molecule has 2 rings (SSSR count). The van der Waals surface area contributed by atoms with E-state index < -0.39 is 0 Å². The molecule has 0 N–H and O–H groups in total. The fourth-order valence-electron chi connectivity index (χ4n) is 1.97. The molecule has 0 amide bonds. The topological polar surface area (TPSA) is 35.5 Å². The van der Waals surface area contributed by atoms with Crippen LogP contribution in [0.4, 0.5) is 0 Å². The van der Waals surface area contributed by atoms with Crippen molar-refractivity contribution >= 4 is 22.2 Å². The van der Waals surface area contributed by atoms with Gasteiger partial charge in [-0.3, -0.25) is 4.79 Å². The first-order valence-electron chi connectivity index (χ1n) is 7.20. The van der Waals surface area contributed by atoms with E-state index in [0.29, 0.717) is 30.4 Å². The van der Waals surface area contributed by atoms with Crippen LogP contribution in [0, 0.1) is 0 Å². The van der Waals surface area contributed by atoms with Gasteiger partial charge in [-0.1, -0.05) is 26.0 Å². The molecule has 0 aromatic heterocycles. The standard InChI is InChI=1S/C18H19BrO3/c1-13(2)15-4-6-16(7-5-15)21-9-10-22-18-8-3-14(12-20)11-17(18)19/h3-8,11-13H,9-10H2,1-2H3. The smallest absolute Gasteiger partial charge is 0.150 e. The largest absolute Gasteiger partial charge is 0.490 e. The lowest BCUT2D eigenvalue weighted by Gasteiger charge is -2.11. The molecule has 3 nitrogen and oxygen atoms in total. The lowest BCUT2D eigenvalue weighted by atomic mass is 10.0. The molecule has 0 atom stereocenters. The summed E-state index contributed by atoms with van der Waals surface area (Å²) in [6, 6.07) is 13.3. The van der Waals surface area contributed by atoms with E-state index in [1.165, 1.54) is 5.56 Å². The van der Waals surface area contributed by atoms with Crippen LogP contribution in [0.1, 0.15) is 35.7 Å². The van der Waals surface area contributed by atoms with Crippen molar-refractivity contribution in [1.82, 2.24) is 0 Å². The zero-order chi connectivity index (χ0) is 15.9. The molecule has 22 heavy (non-hydrogen) atoms. The lowest BCUT2D eigenvalue weighted by molar-refractivity contribution is 0.112. The third-order valence-corrected chi connectivity index (χ3v) is 3.87. The number of hydrogen-bond donors (Lipinski definition) is 0. The number of rotatable bonds is 7. The first-order chi connectivity index (χ1) is 10.6. The second-order valence-corrected chi connectivity index (χ2v) is 6.08. The molecular weight excluding hydrogens is 344 g/mol. The van der Waals surface area contributed by atoms with Gasteiger partial charge in [0.2, 0.25) is 0 Å². The molecule has 0 radical (unpaired) electrons. The molecule has 0 aliphatic carbocycles. The average molecular weight is 363 g/mol. The van der Waals surface area contributed by atoms with Gasteiger partial charge in [-0.05, 0) is 57.7 Å². The van der Waals surface area contributed by atoms with Crippen LogP contribution in [0.2, 0.25) is 0 Å². The highest BCUT2D eigenvalue weighted by Gasteiger charge is 2.03. The summed E-state index contributed by atoms with van der Waals surface area (Å²) in [5, 5.41) is 0. The Bertz CT molecular complexity index is 621. The Hall–Kier alpha value is -1.81. The van der Waals surface area contributed by atoms with E-state index in [1.807, 2.05) is 12.1 Å². The molecule has 0 saturated carbocycles. The number of ether oxygens (including phenoxy) is 2. The zero-order valence-electron chi connectivity index (χ0n) is 12.7. The van der Waals surface area contributed by atoms with Gasteiger partial charge < -0.3 is 9.47 Å². The summed E-state index contributed by atoms with van der Waals surface area (Å²) < 4.78 is 12.0. The normalized spacial score (nSPS) is 10.5. The Kier molecular flexibility index (Phi) is 6.01. The van der Waals surface area contributed by atoms with Crippen LogP contribution in [-0.2, 0) is 0 Å². The predicted octanol–water partition coefficient (Wildman–Crippen LogP) is 4.84. The van der Waals surface area contributed by atoms with Crippen LogP contribution in [0.25, 0.3) is 0 Å². The Balaban J connectivity index is 1.80. The molecule has 116 valence electrons. The van der Waals surface area contributed by atoms with Gasteiger partial charge in [0.15, 0.2) is 0 Å². The van der Waals surface area contributed by atoms with Crippen molar-refractivity contribution in [2.24, 2.45) is 0 Å². The Morgan fingerprint density at radius 2 is 1.73 bits per heavy atom. The van der Waals surface area contributed by atoms with E-state index >= 15 is 0 Å². The molecular formula is C18H19BrO3. The number of aldehydes is 1. The minimum absolute atomic E-state index is 0.435. The average Bonchev–Trinajstić information content (AvgIpc) is 2.53. The van der Waals surface area contributed by atoms with Crippen LogP contribution in [-0.4, -0.2) is 19.5 Å². The third kappa shape index (κ3) is 4.60. The molecule has 0 heterocycles. The van der Waals surface area contributed by atoms with Gasteiger partial charge >= 0.3 is 0 Å². The van der Waals surface area contributed by atoms with Crippen molar-refractivity contribution in [3.05, 3.63) is 58.1 Å². The predicted molar refractivity (Wildman–Crippen MR) is 91.1 cm³/mol. The molecule has 0 aliphatic heterocycles. The summed E-state index contributed by atoms with van der Waals surface area (Å²) in [4.78, 5) is 10.7. The molecule has 0 unspecified atom stereocenters. The van der Waals surface area contributed by atoms with Crippen molar-refractivity contribution in [2.45, 2.75) is 19.8 Å². The maximum Gasteiger partial charge on any atom is 0.150 e. The van der Waals surface area contributed by atoms with E-state index in [4.69, 9.17) is 9.47 Å². The lowest BCUT2D eigenvalue weighted by Crippen LogP contribution is -2.09. The maximum absolute atomic E-state index is 10.7. The zero-order valence-corrected chi connectivity index (χ0v) is 14.3. The number of carbonyl (C=O) groups is 1. The summed E-state index contributed by atoms with van der Waals surface area (Å²) in [7, 11) is 0.